The highest BCUT2D eigenvalue weighted by Crippen LogP contribution is 2.48. The van der Waals surface area contributed by atoms with Crippen LogP contribution in [0.2, 0.25) is 0 Å². The quantitative estimate of drug-likeness (QED) is 0.352. The van der Waals surface area contributed by atoms with E-state index >= 15 is 0 Å². The Kier molecular flexibility index (Phi) is 5.98. The van der Waals surface area contributed by atoms with Gasteiger partial charge in [0.2, 0.25) is 0 Å². The van der Waals surface area contributed by atoms with Crippen LogP contribution in [0.15, 0.2) is 17.7 Å². The Bertz CT molecular complexity index is 742. The van der Waals surface area contributed by atoms with Crippen LogP contribution in [-0.4, -0.2) is 11.1 Å². The smallest absolute Gasteiger partial charge is 0.315 e. The van der Waals surface area contributed by atoms with Gasteiger partial charge < -0.3 is 9.84 Å². The van der Waals surface area contributed by atoms with E-state index in [4.69, 9.17) is 4.74 Å². The molecule has 0 fully saturated rings. The molecule has 0 amide bonds. The van der Waals surface area contributed by atoms with Crippen molar-refractivity contribution in [1.29, 1.82) is 0 Å². The van der Waals surface area contributed by atoms with Gasteiger partial charge in [-0.05, 0) is 60.3 Å². The van der Waals surface area contributed by atoms with Crippen molar-refractivity contribution in [2.45, 2.75) is 90.9 Å². The zero-order valence-electron chi connectivity index (χ0n) is 17.4. The minimum absolute atomic E-state index is 0.0595. The van der Waals surface area contributed by atoms with Crippen LogP contribution < -0.4 is 4.74 Å². The second kappa shape index (κ2) is 8.08. The highest BCUT2D eigenvalue weighted by atomic mass is 16.5. The van der Waals surface area contributed by atoms with E-state index in [-0.39, 0.29) is 17.1 Å². The molecule has 27 heavy (non-hydrogen) atoms. The van der Waals surface area contributed by atoms with Gasteiger partial charge >= 0.3 is 5.97 Å². The summed E-state index contributed by atoms with van der Waals surface area (Å²) in [5.74, 6) is 1.18. The molecule has 148 valence electrons. The van der Waals surface area contributed by atoms with Gasteiger partial charge in [-0.25, -0.2) is 0 Å². The molecule has 0 bridgehead atoms. The minimum Gasteiger partial charge on any atom is -0.507 e. The van der Waals surface area contributed by atoms with Crippen LogP contribution in [0.4, 0.5) is 0 Å². The van der Waals surface area contributed by atoms with E-state index in [1.807, 2.05) is 12.1 Å². The molecule has 3 nitrogen and oxygen atoms in total. The number of phenolic OH excluding ortho intramolecular Hbond substituents is 1. The molecule has 1 aromatic carbocycles. The zero-order valence-corrected chi connectivity index (χ0v) is 17.4. The molecule has 0 saturated carbocycles. The van der Waals surface area contributed by atoms with Crippen LogP contribution in [-0.2, 0) is 10.2 Å². The maximum absolute atomic E-state index is 12.4. The number of carbonyl (C=O) groups is 1. The molecular formula is C24H34O3. The maximum atomic E-state index is 12.4. The summed E-state index contributed by atoms with van der Waals surface area (Å²) in [6, 6.07) is 3.91. The summed E-state index contributed by atoms with van der Waals surface area (Å²) < 4.78 is 5.70. The fourth-order valence-corrected chi connectivity index (χ4v) is 4.49. The van der Waals surface area contributed by atoms with E-state index in [1.165, 1.54) is 25.7 Å². The van der Waals surface area contributed by atoms with Crippen molar-refractivity contribution in [2.24, 2.45) is 5.92 Å². The van der Waals surface area contributed by atoms with E-state index in [0.29, 0.717) is 18.1 Å². The lowest BCUT2D eigenvalue weighted by Crippen LogP contribution is -2.18. The number of allylic oxidation sites excluding steroid dienone is 1. The fourth-order valence-electron chi connectivity index (χ4n) is 4.49. The fraction of sp³-hybridized carbons (Fsp3) is 0.625. The van der Waals surface area contributed by atoms with Crippen LogP contribution in [0.3, 0.4) is 0 Å². The first kappa shape index (κ1) is 20.0. The SMILES string of the molecule is CCCCCCC(C)(C)c1cc(O)c2c(c1)OC(=O)CC1=C2CC(C)CC1. The minimum atomic E-state index is -0.201. The van der Waals surface area contributed by atoms with Crippen molar-refractivity contribution in [3.8, 4) is 11.5 Å². The standard InChI is InChI=1S/C24H34O3/c1-5-6-7-8-11-24(3,4)18-14-20(25)23-19-12-16(2)9-10-17(19)13-22(26)27-21(23)15-18/h14-16,25H,5-13H2,1-4H3. The highest BCUT2D eigenvalue weighted by Gasteiger charge is 2.31. The molecule has 3 rings (SSSR count). The predicted octanol–water partition coefficient (Wildman–Crippen LogP) is 6.52. The lowest BCUT2D eigenvalue weighted by molar-refractivity contribution is -0.133. The average molecular weight is 371 g/mol. The number of esters is 1. The molecule has 1 aliphatic carbocycles. The topological polar surface area (TPSA) is 46.5 Å². The third-order valence-electron chi connectivity index (χ3n) is 6.32. The summed E-state index contributed by atoms with van der Waals surface area (Å²) in [6.07, 6.45) is 9.25. The molecule has 3 heteroatoms. The Morgan fingerprint density at radius 1 is 1.22 bits per heavy atom. The van der Waals surface area contributed by atoms with Crippen molar-refractivity contribution in [1.82, 2.24) is 0 Å². The third kappa shape index (κ3) is 4.39. The van der Waals surface area contributed by atoms with Gasteiger partial charge in [0.25, 0.3) is 0 Å². The summed E-state index contributed by atoms with van der Waals surface area (Å²) in [6.45, 7) is 8.89. The van der Waals surface area contributed by atoms with E-state index in [2.05, 4.69) is 27.7 Å². The number of hydrogen-bond acceptors (Lipinski definition) is 3. The number of rotatable bonds is 6. The number of unbranched alkanes of at least 4 members (excludes halogenated alkanes) is 3. The van der Waals surface area contributed by atoms with Crippen molar-refractivity contribution in [2.75, 3.05) is 0 Å². The molecule has 1 unspecified atom stereocenters. The van der Waals surface area contributed by atoms with Gasteiger partial charge in [0.15, 0.2) is 0 Å². The first-order valence-corrected chi connectivity index (χ1v) is 10.6. The highest BCUT2D eigenvalue weighted by molar-refractivity contribution is 5.88. The molecule has 1 aromatic rings. The van der Waals surface area contributed by atoms with Crippen molar-refractivity contribution < 1.29 is 14.6 Å². The molecule has 1 heterocycles. The number of phenols is 1. The van der Waals surface area contributed by atoms with E-state index in [0.717, 1.165) is 48.0 Å². The molecule has 1 N–H and O–H groups in total. The first-order chi connectivity index (χ1) is 12.8. The average Bonchev–Trinajstić information content (AvgIpc) is 2.74. The maximum Gasteiger partial charge on any atom is 0.315 e. The Hall–Kier alpha value is -1.77. The number of carbonyl (C=O) groups excluding carboxylic acids is 1. The summed E-state index contributed by atoms with van der Waals surface area (Å²) in [7, 11) is 0. The summed E-state index contributed by atoms with van der Waals surface area (Å²) in [4.78, 5) is 12.4. The van der Waals surface area contributed by atoms with Gasteiger partial charge in [-0.3, -0.25) is 4.79 Å². The molecule has 2 aliphatic rings. The largest absolute Gasteiger partial charge is 0.507 e. The van der Waals surface area contributed by atoms with Gasteiger partial charge in [0.05, 0.1) is 12.0 Å². The molecule has 0 saturated heterocycles. The molecular weight excluding hydrogens is 336 g/mol. The van der Waals surface area contributed by atoms with Crippen LogP contribution >= 0.6 is 0 Å². The number of aromatic hydroxyl groups is 1. The lowest BCUT2D eigenvalue weighted by Gasteiger charge is -2.28. The Morgan fingerprint density at radius 2 is 2.00 bits per heavy atom. The molecule has 0 spiro atoms. The van der Waals surface area contributed by atoms with Gasteiger partial charge in [-0.15, -0.1) is 0 Å². The Morgan fingerprint density at radius 3 is 2.74 bits per heavy atom. The number of ether oxygens (including phenoxy) is 1. The van der Waals surface area contributed by atoms with Crippen molar-refractivity contribution in [3.63, 3.8) is 0 Å². The predicted molar refractivity (Wildman–Crippen MR) is 110 cm³/mol. The number of benzene rings is 1. The summed E-state index contributed by atoms with van der Waals surface area (Å²) in [5.41, 5.74) is 4.04. The second-order valence-corrected chi connectivity index (χ2v) is 9.14. The Balaban J connectivity index is 1.96. The first-order valence-electron chi connectivity index (χ1n) is 10.6. The molecule has 0 radical (unpaired) electrons. The van der Waals surface area contributed by atoms with Crippen molar-refractivity contribution >= 4 is 11.5 Å². The van der Waals surface area contributed by atoms with Crippen LogP contribution in [0.5, 0.6) is 11.5 Å². The van der Waals surface area contributed by atoms with Crippen LogP contribution in [0, 0.1) is 5.92 Å². The van der Waals surface area contributed by atoms with E-state index in [9.17, 15) is 9.90 Å². The van der Waals surface area contributed by atoms with Crippen molar-refractivity contribution in [3.05, 3.63) is 28.8 Å². The normalized spacial score (nSPS) is 20.0. The summed E-state index contributed by atoms with van der Waals surface area (Å²) >= 11 is 0. The van der Waals surface area contributed by atoms with E-state index < -0.39 is 0 Å². The van der Waals surface area contributed by atoms with Crippen LogP contribution in [0.1, 0.15) is 96.6 Å². The van der Waals surface area contributed by atoms with Gasteiger partial charge in [-0.2, -0.15) is 0 Å². The number of hydrogen-bond donors (Lipinski definition) is 1. The molecule has 1 atom stereocenters. The lowest BCUT2D eigenvalue weighted by atomic mass is 9.77. The monoisotopic (exact) mass is 370 g/mol. The van der Waals surface area contributed by atoms with Crippen LogP contribution in [0.25, 0.3) is 5.57 Å². The summed E-state index contributed by atoms with van der Waals surface area (Å²) in [5, 5.41) is 10.9. The Labute approximate surface area is 163 Å². The zero-order chi connectivity index (χ0) is 19.6. The molecule has 0 aromatic heterocycles. The van der Waals surface area contributed by atoms with Gasteiger partial charge in [0, 0.05) is 0 Å². The van der Waals surface area contributed by atoms with Gasteiger partial charge in [0.1, 0.15) is 11.5 Å². The van der Waals surface area contributed by atoms with E-state index in [1.54, 1.807) is 0 Å². The molecule has 1 aliphatic heterocycles. The second-order valence-electron chi connectivity index (χ2n) is 9.14. The van der Waals surface area contributed by atoms with Gasteiger partial charge in [-0.1, -0.05) is 59.0 Å². The number of fused-ring (bicyclic) bond motifs is 2. The third-order valence-corrected chi connectivity index (χ3v) is 6.32.